The molecule has 25 heavy (non-hydrogen) atoms. The minimum atomic E-state index is -0.240. The number of carbonyl (C=O) groups excluding carboxylic acids is 1. The van der Waals surface area contributed by atoms with Gasteiger partial charge >= 0.3 is 0 Å². The van der Waals surface area contributed by atoms with Crippen LogP contribution >= 0.6 is 0 Å². The zero-order valence-corrected chi connectivity index (χ0v) is 15.0. The molecular weight excluding hydrogens is 308 g/mol. The average molecular weight is 336 g/mol. The highest BCUT2D eigenvalue weighted by molar-refractivity contribution is 5.87. The normalized spacial score (nSPS) is 16.1. The lowest BCUT2D eigenvalue weighted by molar-refractivity contribution is -0.122. The quantitative estimate of drug-likeness (QED) is 0.870. The molecule has 2 aromatic carbocycles. The summed E-state index contributed by atoms with van der Waals surface area (Å²) in [6.07, 6.45) is 3.28. The SMILES string of the molecule is CCCN1CCC(NC(=O)C(c2ccccc2)c2ccccc2)CC1. The summed E-state index contributed by atoms with van der Waals surface area (Å²) < 4.78 is 0. The summed E-state index contributed by atoms with van der Waals surface area (Å²) in [5.74, 6) is -0.123. The van der Waals surface area contributed by atoms with Crippen molar-refractivity contribution in [2.75, 3.05) is 19.6 Å². The lowest BCUT2D eigenvalue weighted by Crippen LogP contribution is -2.46. The zero-order valence-electron chi connectivity index (χ0n) is 15.0. The van der Waals surface area contributed by atoms with Crippen LogP contribution in [0.2, 0.25) is 0 Å². The fraction of sp³-hybridized carbons (Fsp3) is 0.409. The minimum Gasteiger partial charge on any atom is -0.352 e. The molecule has 0 saturated carbocycles. The number of rotatable bonds is 6. The fourth-order valence-electron chi connectivity index (χ4n) is 3.69. The van der Waals surface area contributed by atoms with E-state index in [0.29, 0.717) is 0 Å². The van der Waals surface area contributed by atoms with Crippen molar-refractivity contribution < 1.29 is 4.79 Å². The molecule has 3 heteroatoms. The van der Waals surface area contributed by atoms with E-state index in [9.17, 15) is 4.79 Å². The predicted octanol–water partition coefficient (Wildman–Crippen LogP) is 3.81. The third-order valence-electron chi connectivity index (χ3n) is 5.00. The first-order valence-corrected chi connectivity index (χ1v) is 9.40. The van der Waals surface area contributed by atoms with Crippen LogP contribution in [0.5, 0.6) is 0 Å². The summed E-state index contributed by atoms with van der Waals surface area (Å²) in [5, 5.41) is 3.31. The number of hydrogen-bond donors (Lipinski definition) is 1. The van der Waals surface area contributed by atoms with Gasteiger partial charge in [0.05, 0.1) is 5.92 Å². The van der Waals surface area contributed by atoms with Crippen molar-refractivity contribution in [1.29, 1.82) is 0 Å². The number of likely N-dealkylation sites (tertiary alicyclic amines) is 1. The van der Waals surface area contributed by atoms with Crippen molar-refractivity contribution in [3.63, 3.8) is 0 Å². The molecule has 1 aliphatic heterocycles. The summed E-state index contributed by atoms with van der Waals surface area (Å²) in [6.45, 7) is 5.55. The van der Waals surface area contributed by atoms with Crippen LogP contribution < -0.4 is 5.32 Å². The number of nitrogens with zero attached hydrogens (tertiary/aromatic N) is 1. The fourth-order valence-corrected chi connectivity index (χ4v) is 3.69. The molecule has 0 unspecified atom stereocenters. The molecule has 1 fully saturated rings. The van der Waals surface area contributed by atoms with Gasteiger partial charge < -0.3 is 10.2 Å². The Morgan fingerprint density at radius 3 is 2.00 bits per heavy atom. The minimum absolute atomic E-state index is 0.117. The molecule has 0 aliphatic carbocycles. The Morgan fingerprint density at radius 1 is 1.00 bits per heavy atom. The van der Waals surface area contributed by atoms with E-state index >= 15 is 0 Å². The lowest BCUT2D eigenvalue weighted by Gasteiger charge is -2.33. The maximum absolute atomic E-state index is 13.1. The molecule has 1 N–H and O–H groups in total. The van der Waals surface area contributed by atoms with Crippen LogP contribution in [0.1, 0.15) is 43.2 Å². The topological polar surface area (TPSA) is 32.3 Å². The standard InChI is InChI=1S/C22H28N2O/c1-2-15-24-16-13-20(14-17-24)23-22(25)21(18-9-5-3-6-10-18)19-11-7-4-8-12-19/h3-12,20-21H,2,13-17H2,1H3,(H,23,25). The van der Waals surface area contributed by atoms with E-state index in [4.69, 9.17) is 0 Å². The Kier molecular flexibility index (Phi) is 6.24. The summed E-state index contributed by atoms with van der Waals surface area (Å²) in [6, 6.07) is 20.5. The molecule has 1 aliphatic rings. The number of carbonyl (C=O) groups is 1. The van der Waals surface area contributed by atoms with E-state index in [1.165, 1.54) is 6.42 Å². The highest BCUT2D eigenvalue weighted by Crippen LogP contribution is 2.25. The number of amides is 1. The second-order valence-corrected chi connectivity index (χ2v) is 6.88. The van der Waals surface area contributed by atoms with Crippen LogP contribution in [0.3, 0.4) is 0 Å². The van der Waals surface area contributed by atoms with Crippen molar-refractivity contribution in [3.05, 3.63) is 71.8 Å². The molecule has 1 heterocycles. The molecule has 1 amide bonds. The van der Waals surface area contributed by atoms with E-state index in [1.54, 1.807) is 0 Å². The average Bonchev–Trinajstić information content (AvgIpc) is 2.66. The van der Waals surface area contributed by atoms with E-state index in [1.807, 2.05) is 60.7 Å². The lowest BCUT2D eigenvalue weighted by atomic mass is 9.90. The first-order valence-electron chi connectivity index (χ1n) is 9.40. The van der Waals surface area contributed by atoms with E-state index < -0.39 is 0 Å². The Balaban J connectivity index is 1.70. The molecule has 2 aromatic rings. The molecule has 0 spiro atoms. The summed E-state index contributed by atoms with van der Waals surface area (Å²) in [5.41, 5.74) is 2.10. The molecule has 0 bridgehead atoms. The van der Waals surface area contributed by atoms with Gasteiger partial charge in [0.1, 0.15) is 0 Å². The Morgan fingerprint density at radius 2 is 1.52 bits per heavy atom. The van der Waals surface area contributed by atoms with Crippen LogP contribution in [-0.2, 0) is 4.79 Å². The third kappa shape index (κ3) is 4.70. The first kappa shape index (κ1) is 17.7. The highest BCUT2D eigenvalue weighted by atomic mass is 16.1. The molecule has 132 valence electrons. The third-order valence-corrected chi connectivity index (χ3v) is 5.00. The van der Waals surface area contributed by atoms with Gasteiger partial charge in [-0.3, -0.25) is 4.79 Å². The predicted molar refractivity (Wildman–Crippen MR) is 103 cm³/mol. The molecule has 0 radical (unpaired) electrons. The number of hydrogen-bond acceptors (Lipinski definition) is 2. The summed E-state index contributed by atoms with van der Waals surface area (Å²) in [4.78, 5) is 15.6. The van der Waals surface area contributed by atoms with Gasteiger partial charge in [-0.05, 0) is 36.9 Å². The van der Waals surface area contributed by atoms with Crippen LogP contribution in [0.15, 0.2) is 60.7 Å². The van der Waals surface area contributed by atoms with Crippen molar-refractivity contribution in [3.8, 4) is 0 Å². The monoisotopic (exact) mass is 336 g/mol. The zero-order chi connectivity index (χ0) is 17.5. The Hall–Kier alpha value is -2.13. The van der Waals surface area contributed by atoms with Gasteiger partial charge in [-0.2, -0.15) is 0 Å². The van der Waals surface area contributed by atoms with Gasteiger partial charge in [-0.1, -0.05) is 67.6 Å². The van der Waals surface area contributed by atoms with Gasteiger partial charge in [0.25, 0.3) is 0 Å². The molecule has 0 atom stereocenters. The van der Waals surface area contributed by atoms with Gasteiger partial charge in [-0.25, -0.2) is 0 Å². The van der Waals surface area contributed by atoms with Crippen molar-refractivity contribution in [2.24, 2.45) is 0 Å². The number of nitrogens with one attached hydrogen (secondary N) is 1. The molecule has 0 aromatic heterocycles. The second-order valence-electron chi connectivity index (χ2n) is 6.88. The highest BCUT2D eigenvalue weighted by Gasteiger charge is 2.26. The largest absolute Gasteiger partial charge is 0.352 e. The van der Waals surface area contributed by atoms with Gasteiger partial charge in [0, 0.05) is 19.1 Å². The Bertz CT molecular complexity index is 609. The van der Waals surface area contributed by atoms with Crippen LogP contribution in [0.25, 0.3) is 0 Å². The van der Waals surface area contributed by atoms with E-state index in [0.717, 1.165) is 43.6 Å². The van der Waals surface area contributed by atoms with Gasteiger partial charge in [0.15, 0.2) is 0 Å². The van der Waals surface area contributed by atoms with Gasteiger partial charge in [-0.15, -0.1) is 0 Å². The first-order chi connectivity index (χ1) is 12.3. The maximum atomic E-state index is 13.1. The van der Waals surface area contributed by atoms with Crippen LogP contribution in [-0.4, -0.2) is 36.5 Å². The van der Waals surface area contributed by atoms with Crippen LogP contribution in [0.4, 0.5) is 0 Å². The molecule has 3 rings (SSSR count). The number of benzene rings is 2. The summed E-state index contributed by atoms with van der Waals surface area (Å²) >= 11 is 0. The van der Waals surface area contributed by atoms with Crippen molar-refractivity contribution in [1.82, 2.24) is 10.2 Å². The van der Waals surface area contributed by atoms with Crippen LogP contribution in [0, 0.1) is 0 Å². The molecule has 3 nitrogen and oxygen atoms in total. The summed E-state index contributed by atoms with van der Waals surface area (Å²) in [7, 11) is 0. The van der Waals surface area contributed by atoms with E-state index in [-0.39, 0.29) is 17.9 Å². The number of piperidine rings is 1. The van der Waals surface area contributed by atoms with Gasteiger partial charge in [0.2, 0.25) is 5.91 Å². The van der Waals surface area contributed by atoms with Crippen molar-refractivity contribution >= 4 is 5.91 Å². The van der Waals surface area contributed by atoms with Crippen molar-refractivity contribution in [2.45, 2.75) is 38.1 Å². The van der Waals surface area contributed by atoms with E-state index in [2.05, 4.69) is 17.1 Å². The maximum Gasteiger partial charge on any atom is 0.232 e. The second kappa shape index (κ2) is 8.82. The Labute approximate surface area is 151 Å². The molecule has 1 saturated heterocycles. The smallest absolute Gasteiger partial charge is 0.232 e. The molecular formula is C22H28N2O.